The van der Waals surface area contributed by atoms with E-state index in [2.05, 4.69) is 46.1 Å². The van der Waals surface area contributed by atoms with Crippen molar-refractivity contribution in [2.45, 2.75) is 84.3 Å². The molecule has 1 fully saturated rings. The molecule has 2 unspecified atom stereocenters. The van der Waals surface area contributed by atoms with Crippen molar-refractivity contribution in [3.05, 3.63) is 47.6 Å². The maximum Gasteiger partial charge on any atom is 0.333 e. The summed E-state index contributed by atoms with van der Waals surface area (Å²) in [4.78, 5) is 10.9. The first-order valence-corrected chi connectivity index (χ1v) is 10.4. The summed E-state index contributed by atoms with van der Waals surface area (Å²) in [5.41, 5.74) is 3.77. The van der Waals surface area contributed by atoms with E-state index in [0.717, 1.165) is 44.1 Å². The van der Waals surface area contributed by atoms with Crippen molar-refractivity contribution >= 4 is 5.97 Å². The Labute approximate surface area is 170 Å². The van der Waals surface area contributed by atoms with Crippen molar-refractivity contribution in [3.63, 3.8) is 0 Å². The average molecular weight is 391 g/mol. The first kappa shape index (κ1) is 24.4. The minimum absolute atomic E-state index is 0.135. The van der Waals surface area contributed by atoms with Crippen molar-refractivity contribution in [2.75, 3.05) is 6.61 Å². The van der Waals surface area contributed by atoms with Crippen LogP contribution in [0.25, 0.3) is 0 Å². The molecule has 1 aliphatic heterocycles. The van der Waals surface area contributed by atoms with Crippen LogP contribution in [-0.4, -0.2) is 35.0 Å². The van der Waals surface area contributed by atoms with Crippen LogP contribution in [0.4, 0.5) is 0 Å². The Morgan fingerprint density at radius 2 is 1.82 bits per heavy atom. The second-order valence-corrected chi connectivity index (χ2v) is 8.26. The molecule has 0 aromatic rings. The van der Waals surface area contributed by atoms with Crippen LogP contribution in [0.1, 0.15) is 72.1 Å². The molecule has 1 heterocycles. The number of aliphatic hydroxyl groups is 1. The van der Waals surface area contributed by atoms with Crippen LogP contribution >= 0.6 is 0 Å². The summed E-state index contributed by atoms with van der Waals surface area (Å²) in [6, 6.07) is 0. The zero-order valence-electron chi connectivity index (χ0n) is 17.9. The molecule has 0 radical (unpaired) electrons. The fourth-order valence-corrected chi connectivity index (χ4v) is 3.41. The van der Waals surface area contributed by atoms with Gasteiger partial charge in [-0.15, -0.1) is 0 Å². The maximum atomic E-state index is 10.9. The number of rotatable bonds is 12. The SMILES string of the molecule is C=C(CC/C=C(\C)CCC=C(C)C)C(O)CC[C@H]1CCC(C(=C)C(=O)O)OC1. The van der Waals surface area contributed by atoms with Gasteiger partial charge in [0.2, 0.25) is 0 Å². The van der Waals surface area contributed by atoms with E-state index in [1.54, 1.807) is 0 Å². The predicted octanol–water partition coefficient (Wildman–Crippen LogP) is 5.59. The molecule has 1 aliphatic rings. The molecule has 0 spiro atoms. The van der Waals surface area contributed by atoms with E-state index in [0.29, 0.717) is 25.4 Å². The molecule has 4 heteroatoms. The summed E-state index contributed by atoms with van der Waals surface area (Å²) >= 11 is 0. The summed E-state index contributed by atoms with van der Waals surface area (Å²) in [7, 11) is 0. The highest BCUT2D eigenvalue weighted by atomic mass is 16.5. The van der Waals surface area contributed by atoms with Crippen LogP contribution in [0, 0.1) is 5.92 Å². The molecule has 0 bridgehead atoms. The standard InChI is InChI=1S/C24H38O4/c1-17(2)8-6-9-18(3)10-7-11-19(4)22(25)14-12-21-13-15-23(28-16-21)20(5)24(26)27/h8,10,21-23,25H,4-7,9,11-16H2,1-3H3,(H,26,27)/b18-10+/t21-,22?,23?/m0/s1. The number of carbonyl (C=O) groups is 1. The van der Waals surface area contributed by atoms with Crippen LogP contribution in [0.3, 0.4) is 0 Å². The number of allylic oxidation sites excluding steroid dienone is 4. The monoisotopic (exact) mass is 390 g/mol. The lowest BCUT2D eigenvalue weighted by molar-refractivity contribution is -0.135. The van der Waals surface area contributed by atoms with E-state index in [-0.39, 0.29) is 11.7 Å². The van der Waals surface area contributed by atoms with Crippen molar-refractivity contribution < 1.29 is 19.7 Å². The lowest BCUT2D eigenvalue weighted by Gasteiger charge is -2.29. The molecule has 1 saturated heterocycles. The molecule has 28 heavy (non-hydrogen) atoms. The van der Waals surface area contributed by atoms with Gasteiger partial charge in [0.05, 0.1) is 24.4 Å². The summed E-state index contributed by atoms with van der Waals surface area (Å²) < 4.78 is 5.65. The van der Waals surface area contributed by atoms with Gasteiger partial charge >= 0.3 is 5.97 Å². The number of aliphatic hydroxyl groups excluding tert-OH is 1. The molecule has 0 saturated carbocycles. The largest absolute Gasteiger partial charge is 0.478 e. The van der Waals surface area contributed by atoms with Gasteiger partial charge in [0, 0.05) is 0 Å². The Morgan fingerprint density at radius 1 is 1.14 bits per heavy atom. The normalized spacial score (nSPS) is 21.1. The van der Waals surface area contributed by atoms with Crippen LogP contribution in [-0.2, 0) is 9.53 Å². The summed E-state index contributed by atoms with van der Waals surface area (Å²) in [6.45, 7) is 14.6. The Morgan fingerprint density at radius 3 is 2.39 bits per heavy atom. The van der Waals surface area contributed by atoms with E-state index >= 15 is 0 Å². The minimum Gasteiger partial charge on any atom is -0.478 e. The van der Waals surface area contributed by atoms with E-state index in [9.17, 15) is 9.90 Å². The zero-order chi connectivity index (χ0) is 21.1. The van der Waals surface area contributed by atoms with Crippen molar-refractivity contribution in [1.82, 2.24) is 0 Å². The molecule has 2 N–H and O–H groups in total. The van der Waals surface area contributed by atoms with Gasteiger partial charge in [0.15, 0.2) is 0 Å². The van der Waals surface area contributed by atoms with E-state index in [1.807, 2.05) is 0 Å². The fourth-order valence-electron chi connectivity index (χ4n) is 3.41. The van der Waals surface area contributed by atoms with Crippen LogP contribution < -0.4 is 0 Å². The zero-order valence-corrected chi connectivity index (χ0v) is 17.9. The summed E-state index contributed by atoms with van der Waals surface area (Å²) in [5.74, 6) is -0.631. The number of hydrogen-bond acceptors (Lipinski definition) is 3. The first-order valence-electron chi connectivity index (χ1n) is 10.4. The molecular formula is C24H38O4. The van der Waals surface area contributed by atoms with Gasteiger partial charge in [0.1, 0.15) is 0 Å². The Bertz CT molecular complexity index is 588. The summed E-state index contributed by atoms with van der Waals surface area (Å²) in [6.07, 6.45) is 10.7. The molecule has 1 rings (SSSR count). The molecule has 0 aromatic heterocycles. The Balaban J connectivity index is 2.24. The van der Waals surface area contributed by atoms with Gasteiger partial charge in [-0.1, -0.05) is 36.5 Å². The highest BCUT2D eigenvalue weighted by molar-refractivity contribution is 5.86. The van der Waals surface area contributed by atoms with Gasteiger partial charge in [-0.2, -0.15) is 0 Å². The molecular weight excluding hydrogens is 352 g/mol. The quantitative estimate of drug-likeness (QED) is 0.336. The first-order chi connectivity index (χ1) is 13.2. The van der Waals surface area contributed by atoms with Gasteiger partial charge in [-0.3, -0.25) is 0 Å². The molecule has 3 atom stereocenters. The molecule has 4 nitrogen and oxygen atoms in total. The topological polar surface area (TPSA) is 66.8 Å². The van der Waals surface area contributed by atoms with Crippen molar-refractivity contribution in [3.8, 4) is 0 Å². The number of carboxylic acids is 1. The van der Waals surface area contributed by atoms with Crippen LogP contribution in [0.5, 0.6) is 0 Å². The number of aliphatic carboxylic acids is 1. The third-order valence-corrected chi connectivity index (χ3v) is 5.40. The predicted molar refractivity (Wildman–Crippen MR) is 115 cm³/mol. The number of carboxylic acid groups (broad SMARTS) is 1. The second-order valence-electron chi connectivity index (χ2n) is 8.26. The Kier molecular flexibility index (Phi) is 11.1. The highest BCUT2D eigenvalue weighted by Crippen LogP contribution is 2.27. The van der Waals surface area contributed by atoms with Crippen molar-refractivity contribution in [2.24, 2.45) is 5.92 Å². The van der Waals surface area contributed by atoms with Gasteiger partial charge in [-0.25, -0.2) is 4.79 Å². The van der Waals surface area contributed by atoms with Crippen molar-refractivity contribution in [1.29, 1.82) is 0 Å². The number of hydrogen-bond donors (Lipinski definition) is 2. The van der Waals surface area contributed by atoms with Crippen LogP contribution in [0.15, 0.2) is 47.6 Å². The molecule has 0 aromatic carbocycles. The number of ether oxygens (including phenoxy) is 1. The van der Waals surface area contributed by atoms with E-state index in [1.165, 1.54) is 11.1 Å². The third kappa shape index (κ3) is 9.52. The summed E-state index contributed by atoms with van der Waals surface area (Å²) in [5, 5.41) is 19.3. The average Bonchev–Trinajstić information content (AvgIpc) is 2.65. The van der Waals surface area contributed by atoms with Gasteiger partial charge in [0.25, 0.3) is 0 Å². The lowest BCUT2D eigenvalue weighted by Crippen LogP contribution is -2.30. The second kappa shape index (κ2) is 12.7. The molecule has 0 aliphatic carbocycles. The fraction of sp³-hybridized carbons (Fsp3) is 0.625. The smallest absolute Gasteiger partial charge is 0.333 e. The van der Waals surface area contributed by atoms with Gasteiger partial charge in [-0.05, 0) is 83.6 Å². The lowest BCUT2D eigenvalue weighted by atomic mass is 9.89. The van der Waals surface area contributed by atoms with Gasteiger partial charge < -0.3 is 14.9 Å². The van der Waals surface area contributed by atoms with E-state index < -0.39 is 12.1 Å². The molecule has 158 valence electrons. The van der Waals surface area contributed by atoms with Crippen LogP contribution in [0.2, 0.25) is 0 Å². The minimum atomic E-state index is -0.989. The third-order valence-electron chi connectivity index (χ3n) is 5.40. The molecule has 0 amide bonds. The maximum absolute atomic E-state index is 10.9. The highest BCUT2D eigenvalue weighted by Gasteiger charge is 2.26. The Hall–Kier alpha value is -1.65. The van der Waals surface area contributed by atoms with E-state index in [4.69, 9.17) is 9.84 Å².